The molecular formula is C8H11NO6S. The van der Waals surface area contributed by atoms with E-state index < -0.39 is 10.4 Å². The van der Waals surface area contributed by atoms with Gasteiger partial charge in [0.05, 0.1) is 6.61 Å². The minimum absolute atomic E-state index is 0.0601. The van der Waals surface area contributed by atoms with Gasteiger partial charge >= 0.3 is 10.4 Å². The van der Waals surface area contributed by atoms with Gasteiger partial charge in [-0.3, -0.25) is 4.55 Å². The first kappa shape index (κ1) is 12.7. The van der Waals surface area contributed by atoms with Crippen molar-refractivity contribution < 1.29 is 27.1 Å². The maximum absolute atomic E-state index is 10.3. The molecule has 3 N–H and O–H groups in total. The molecule has 0 spiro atoms. The molecule has 0 amide bonds. The Morgan fingerprint density at radius 1 is 1.31 bits per heavy atom. The Balaban J connectivity index is 2.71. The van der Waals surface area contributed by atoms with E-state index in [0.29, 0.717) is 5.75 Å². The lowest BCUT2D eigenvalue weighted by atomic mass is 10.3. The van der Waals surface area contributed by atoms with E-state index in [2.05, 4.69) is 4.28 Å². The van der Waals surface area contributed by atoms with Gasteiger partial charge in [0, 0.05) is 0 Å². The summed E-state index contributed by atoms with van der Waals surface area (Å²) in [5.74, 6) is 0.292. The number of hydrogen-bond acceptors (Lipinski definition) is 6. The van der Waals surface area contributed by atoms with E-state index in [0.717, 1.165) is 0 Å². The van der Waals surface area contributed by atoms with Crippen molar-refractivity contribution in [2.75, 3.05) is 18.7 Å². The van der Waals surface area contributed by atoms with Crippen LogP contribution < -0.4 is 10.2 Å². The molecule has 0 unspecified atom stereocenters. The molecule has 0 radical (unpaired) electrons. The number of nitrogens with one attached hydrogen (secondary N) is 1. The van der Waals surface area contributed by atoms with Crippen LogP contribution in [0.5, 0.6) is 5.75 Å². The fourth-order valence-electron chi connectivity index (χ4n) is 0.930. The van der Waals surface area contributed by atoms with Crippen LogP contribution in [-0.2, 0) is 14.7 Å². The number of aliphatic hydroxyl groups excluding tert-OH is 1. The van der Waals surface area contributed by atoms with Gasteiger partial charge in [-0.05, 0) is 12.1 Å². The third kappa shape index (κ3) is 4.45. The number of ether oxygens (including phenoxy) is 1. The van der Waals surface area contributed by atoms with E-state index in [1.807, 2.05) is 5.48 Å². The van der Waals surface area contributed by atoms with Crippen molar-refractivity contribution in [3.63, 3.8) is 0 Å². The van der Waals surface area contributed by atoms with Gasteiger partial charge < -0.3 is 9.84 Å². The highest BCUT2D eigenvalue weighted by Crippen LogP contribution is 2.23. The van der Waals surface area contributed by atoms with Crippen LogP contribution in [0.3, 0.4) is 0 Å². The second kappa shape index (κ2) is 5.66. The number of para-hydroxylation sites is 2. The molecule has 8 heteroatoms. The number of aliphatic hydroxyl groups is 1. The predicted molar refractivity (Wildman–Crippen MR) is 55.3 cm³/mol. The van der Waals surface area contributed by atoms with Gasteiger partial charge in [-0.2, -0.15) is 8.42 Å². The molecule has 0 bridgehead atoms. The van der Waals surface area contributed by atoms with Gasteiger partial charge in [-0.25, -0.2) is 5.48 Å². The first-order valence-corrected chi connectivity index (χ1v) is 5.64. The van der Waals surface area contributed by atoms with Crippen LogP contribution in [0.2, 0.25) is 0 Å². The van der Waals surface area contributed by atoms with Crippen LogP contribution in [0.15, 0.2) is 24.3 Å². The van der Waals surface area contributed by atoms with Gasteiger partial charge in [0.1, 0.15) is 18.0 Å². The molecule has 7 nitrogen and oxygen atoms in total. The maximum atomic E-state index is 10.3. The van der Waals surface area contributed by atoms with Crippen LogP contribution >= 0.6 is 0 Å². The van der Waals surface area contributed by atoms with Crippen molar-refractivity contribution in [3.05, 3.63) is 24.3 Å². The molecule has 1 aromatic rings. The molecule has 0 aliphatic carbocycles. The summed E-state index contributed by atoms with van der Waals surface area (Å²) in [4.78, 5) is 0. The Morgan fingerprint density at radius 3 is 2.62 bits per heavy atom. The third-order valence-electron chi connectivity index (χ3n) is 1.49. The van der Waals surface area contributed by atoms with Crippen molar-refractivity contribution in [1.29, 1.82) is 0 Å². The van der Waals surface area contributed by atoms with Crippen molar-refractivity contribution in [2.45, 2.75) is 0 Å². The Morgan fingerprint density at radius 2 is 2.00 bits per heavy atom. The molecular weight excluding hydrogens is 238 g/mol. The van der Waals surface area contributed by atoms with E-state index in [1.54, 1.807) is 18.2 Å². The summed E-state index contributed by atoms with van der Waals surface area (Å²) in [6.07, 6.45) is 0. The molecule has 16 heavy (non-hydrogen) atoms. The number of hydrogen-bond donors (Lipinski definition) is 3. The highest BCUT2D eigenvalue weighted by Gasteiger charge is 2.08. The molecule has 90 valence electrons. The standard InChI is InChI=1S/C8H11NO6S/c10-5-6-14-8-4-2-1-3-7(8)9-15-16(11,12)13/h1-4,9-10H,5-6H2,(H,11,12,13). The molecule has 0 fully saturated rings. The average molecular weight is 249 g/mol. The molecule has 1 aromatic carbocycles. The van der Waals surface area contributed by atoms with Crippen molar-refractivity contribution in [3.8, 4) is 5.75 Å². The Labute approximate surface area is 92.5 Å². The van der Waals surface area contributed by atoms with E-state index in [4.69, 9.17) is 14.4 Å². The first-order chi connectivity index (χ1) is 7.53. The summed E-state index contributed by atoms with van der Waals surface area (Å²) >= 11 is 0. The number of benzene rings is 1. The van der Waals surface area contributed by atoms with Crippen LogP contribution in [0, 0.1) is 0 Å². The molecule has 0 atom stereocenters. The second-order valence-corrected chi connectivity index (χ2v) is 3.70. The van der Waals surface area contributed by atoms with Gasteiger partial charge in [0.2, 0.25) is 0 Å². The first-order valence-electron chi connectivity index (χ1n) is 4.27. The van der Waals surface area contributed by atoms with Crippen LogP contribution in [0.4, 0.5) is 5.69 Å². The van der Waals surface area contributed by atoms with E-state index in [9.17, 15) is 8.42 Å². The molecule has 0 aliphatic heterocycles. The van der Waals surface area contributed by atoms with Gasteiger partial charge in [-0.1, -0.05) is 12.1 Å². The van der Waals surface area contributed by atoms with Gasteiger partial charge in [0.15, 0.2) is 0 Å². The molecule has 0 aromatic heterocycles. The summed E-state index contributed by atoms with van der Waals surface area (Å²) < 4.78 is 38.0. The summed E-state index contributed by atoms with van der Waals surface area (Å²) in [6.45, 7) is -0.113. The van der Waals surface area contributed by atoms with Crippen LogP contribution in [0.1, 0.15) is 0 Å². The normalized spacial score (nSPS) is 11.1. The summed E-state index contributed by atoms with van der Waals surface area (Å²) in [7, 11) is -4.58. The van der Waals surface area contributed by atoms with E-state index in [-0.39, 0.29) is 18.9 Å². The topological polar surface area (TPSA) is 105 Å². The molecule has 0 heterocycles. The van der Waals surface area contributed by atoms with Gasteiger partial charge in [-0.15, -0.1) is 4.28 Å². The minimum Gasteiger partial charge on any atom is -0.489 e. The monoisotopic (exact) mass is 249 g/mol. The van der Waals surface area contributed by atoms with Gasteiger partial charge in [0.25, 0.3) is 0 Å². The quantitative estimate of drug-likeness (QED) is 0.488. The van der Waals surface area contributed by atoms with E-state index in [1.165, 1.54) is 6.07 Å². The molecule has 0 saturated heterocycles. The fourth-order valence-corrected chi connectivity index (χ4v) is 1.13. The Hall–Kier alpha value is -1.35. The summed E-state index contributed by atoms with van der Waals surface area (Å²) in [6, 6.07) is 6.30. The summed E-state index contributed by atoms with van der Waals surface area (Å²) in [5, 5.41) is 8.57. The molecule has 0 saturated carbocycles. The van der Waals surface area contributed by atoms with Crippen molar-refractivity contribution in [2.24, 2.45) is 0 Å². The molecule has 0 aliphatic rings. The SMILES string of the molecule is O=S(=O)(O)ONc1ccccc1OCCO. The number of rotatable bonds is 6. The summed E-state index contributed by atoms with van der Waals surface area (Å²) in [5.41, 5.74) is 2.23. The highest BCUT2D eigenvalue weighted by atomic mass is 32.3. The third-order valence-corrected chi connectivity index (χ3v) is 1.79. The second-order valence-electron chi connectivity index (χ2n) is 2.68. The minimum atomic E-state index is -4.58. The molecule has 1 rings (SSSR count). The Kier molecular flexibility index (Phi) is 4.50. The van der Waals surface area contributed by atoms with Crippen molar-refractivity contribution >= 4 is 16.1 Å². The lowest BCUT2D eigenvalue weighted by Crippen LogP contribution is -2.11. The van der Waals surface area contributed by atoms with Crippen LogP contribution in [0.25, 0.3) is 0 Å². The Bertz CT molecular complexity index is 432. The maximum Gasteiger partial charge on any atom is 0.418 e. The highest BCUT2D eigenvalue weighted by molar-refractivity contribution is 7.80. The zero-order valence-electron chi connectivity index (χ0n) is 8.16. The smallest absolute Gasteiger partial charge is 0.418 e. The predicted octanol–water partition coefficient (Wildman–Crippen LogP) is 0.204. The zero-order chi connectivity index (χ0) is 12.0. The lowest BCUT2D eigenvalue weighted by molar-refractivity contribution is 0.201. The number of anilines is 1. The van der Waals surface area contributed by atoms with Crippen molar-refractivity contribution in [1.82, 2.24) is 0 Å². The van der Waals surface area contributed by atoms with Crippen LogP contribution in [-0.4, -0.2) is 31.3 Å². The lowest BCUT2D eigenvalue weighted by Gasteiger charge is -2.10. The zero-order valence-corrected chi connectivity index (χ0v) is 8.98. The largest absolute Gasteiger partial charge is 0.489 e. The average Bonchev–Trinajstić information content (AvgIpc) is 2.23. The fraction of sp³-hybridized carbons (Fsp3) is 0.250. The van der Waals surface area contributed by atoms with E-state index >= 15 is 0 Å².